The van der Waals surface area contributed by atoms with Crippen LogP contribution >= 0.6 is 23.2 Å². The van der Waals surface area contributed by atoms with E-state index < -0.39 is 9.84 Å². The highest BCUT2D eigenvalue weighted by molar-refractivity contribution is 7.92. The van der Waals surface area contributed by atoms with Gasteiger partial charge in [0.05, 0.1) is 15.2 Å². The van der Waals surface area contributed by atoms with Gasteiger partial charge in [-0.25, -0.2) is 8.42 Å². The Labute approximate surface area is 117 Å². The van der Waals surface area contributed by atoms with Crippen LogP contribution in [0.2, 0.25) is 10.0 Å². The van der Waals surface area contributed by atoms with E-state index in [4.69, 9.17) is 23.2 Å². The number of hydrogen-bond acceptors (Lipinski definition) is 3. The van der Waals surface area contributed by atoms with Gasteiger partial charge in [-0.15, -0.1) is 0 Å². The van der Waals surface area contributed by atoms with Gasteiger partial charge in [0.15, 0.2) is 9.84 Å². The first-order valence-electron chi connectivity index (χ1n) is 5.81. The standard InChI is InChI=1S/C12H15Cl2NO2S/c1-15-9-3-4-10(7-9)18(16,17)12-6-8(13)2-5-11(12)14/h2,5-6,9-10,15H,3-4,7H2,1H3. The maximum atomic E-state index is 12.5. The Bertz CT molecular complexity index is 545. The minimum atomic E-state index is -3.39. The van der Waals surface area contributed by atoms with Crippen LogP contribution in [0.1, 0.15) is 19.3 Å². The summed E-state index contributed by atoms with van der Waals surface area (Å²) < 4.78 is 25.0. The Morgan fingerprint density at radius 1 is 1.28 bits per heavy atom. The molecule has 1 N–H and O–H groups in total. The summed E-state index contributed by atoms with van der Waals surface area (Å²) in [5.74, 6) is 0. The fraction of sp³-hybridized carbons (Fsp3) is 0.500. The molecule has 18 heavy (non-hydrogen) atoms. The smallest absolute Gasteiger partial charge is 0.182 e. The van der Waals surface area contributed by atoms with Crippen LogP contribution in [-0.4, -0.2) is 26.8 Å². The lowest BCUT2D eigenvalue weighted by molar-refractivity contribution is 0.564. The Morgan fingerprint density at radius 2 is 2.00 bits per heavy atom. The van der Waals surface area contributed by atoms with Gasteiger partial charge >= 0.3 is 0 Å². The summed E-state index contributed by atoms with van der Waals surface area (Å²) in [5.41, 5.74) is 0. The average molecular weight is 308 g/mol. The van der Waals surface area contributed by atoms with Crippen LogP contribution < -0.4 is 5.32 Å². The first-order chi connectivity index (χ1) is 8.45. The summed E-state index contributed by atoms with van der Waals surface area (Å²) in [6.07, 6.45) is 2.16. The lowest BCUT2D eigenvalue weighted by atomic mass is 10.3. The molecule has 1 aromatic rings. The van der Waals surface area contributed by atoms with Gasteiger partial charge in [-0.3, -0.25) is 0 Å². The number of sulfone groups is 1. The summed E-state index contributed by atoms with van der Waals surface area (Å²) in [4.78, 5) is 0.151. The van der Waals surface area contributed by atoms with Gasteiger partial charge in [-0.2, -0.15) is 0 Å². The van der Waals surface area contributed by atoms with Crippen molar-refractivity contribution in [3.05, 3.63) is 28.2 Å². The first kappa shape index (κ1) is 14.1. The second kappa shape index (κ2) is 5.37. The number of hydrogen-bond donors (Lipinski definition) is 1. The molecule has 0 heterocycles. The molecule has 2 unspecified atom stereocenters. The fourth-order valence-corrected chi connectivity index (χ4v) is 4.96. The average Bonchev–Trinajstić information content (AvgIpc) is 2.81. The molecule has 3 nitrogen and oxygen atoms in total. The zero-order chi connectivity index (χ0) is 13.3. The van der Waals surface area contributed by atoms with Crippen molar-refractivity contribution in [2.75, 3.05) is 7.05 Å². The molecule has 100 valence electrons. The van der Waals surface area contributed by atoms with Crippen LogP contribution in [0.15, 0.2) is 23.1 Å². The van der Waals surface area contributed by atoms with Gasteiger partial charge in [-0.05, 0) is 44.5 Å². The Balaban J connectivity index is 2.34. The van der Waals surface area contributed by atoms with Crippen LogP contribution in [-0.2, 0) is 9.84 Å². The monoisotopic (exact) mass is 307 g/mol. The van der Waals surface area contributed by atoms with Gasteiger partial charge in [0.1, 0.15) is 0 Å². The molecule has 0 saturated heterocycles. The summed E-state index contributed by atoms with van der Waals surface area (Å²) in [7, 11) is -1.54. The highest BCUT2D eigenvalue weighted by Crippen LogP contribution is 2.34. The molecule has 1 aromatic carbocycles. The van der Waals surface area contributed by atoms with Gasteiger partial charge in [0.2, 0.25) is 0 Å². The van der Waals surface area contributed by atoms with Crippen molar-refractivity contribution in [2.45, 2.75) is 35.4 Å². The molecule has 0 spiro atoms. The first-order valence-corrected chi connectivity index (χ1v) is 8.11. The SMILES string of the molecule is CNC1CCC(S(=O)(=O)c2cc(Cl)ccc2Cl)C1. The molecule has 1 saturated carbocycles. The minimum Gasteiger partial charge on any atom is -0.317 e. The molecule has 0 radical (unpaired) electrons. The fourth-order valence-electron chi connectivity index (χ4n) is 2.36. The van der Waals surface area contributed by atoms with Crippen molar-refractivity contribution in [3.8, 4) is 0 Å². The van der Waals surface area contributed by atoms with Crippen molar-refractivity contribution in [2.24, 2.45) is 0 Å². The second-order valence-electron chi connectivity index (χ2n) is 4.54. The quantitative estimate of drug-likeness (QED) is 0.934. The molecule has 2 rings (SSSR count). The van der Waals surface area contributed by atoms with E-state index in [1.807, 2.05) is 7.05 Å². The summed E-state index contributed by atoms with van der Waals surface area (Å²) >= 11 is 11.8. The Hall–Kier alpha value is -0.290. The van der Waals surface area contributed by atoms with Crippen LogP contribution in [0.3, 0.4) is 0 Å². The molecule has 0 aromatic heterocycles. The lowest BCUT2D eigenvalue weighted by Gasteiger charge is -2.13. The Kier molecular flexibility index (Phi) is 4.22. The van der Waals surface area contributed by atoms with E-state index in [9.17, 15) is 8.42 Å². The van der Waals surface area contributed by atoms with Crippen molar-refractivity contribution >= 4 is 33.0 Å². The molecule has 0 aliphatic heterocycles. The number of nitrogens with one attached hydrogen (secondary N) is 1. The Morgan fingerprint density at radius 3 is 2.61 bits per heavy atom. The van der Waals surface area contributed by atoms with Crippen LogP contribution in [0.25, 0.3) is 0 Å². The van der Waals surface area contributed by atoms with E-state index in [1.165, 1.54) is 12.1 Å². The van der Waals surface area contributed by atoms with Gasteiger partial charge in [0, 0.05) is 11.1 Å². The number of benzene rings is 1. The molecular weight excluding hydrogens is 293 g/mol. The summed E-state index contributed by atoms with van der Waals surface area (Å²) in [5, 5.41) is 3.38. The highest BCUT2D eigenvalue weighted by Gasteiger charge is 2.35. The molecule has 6 heteroatoms. The minimum absolute atomic E-state index is 0.151. The predicted octanol–water partition coefficient (Wildman–Crippen LogP) is 2.91. The van der Waals surface area contributed by atoms with E-state index in [0.29, 0.717) is 17.9 Å². The summed E-state index contributed by atoms with van der Waals surface area (Å²) in [6.45, 7) is 0. The van der Waals surface area contributed by atoms with Gasteiger partial charge in [0.25, 0.3) is 0 Å². The molecule has 1 aliphatic rings. The van der Waals surface area contributed by atoms with Crippen LogP contribution in [0, 0.1) is 0 Å². The molecule has 1 fully saturated rings. The van der Waals surface area contributed by atoms with E-state index in [-0.39, 0.29) is 21.2 Å². The highest BCUT2D eigenvalue weighted by atomic mass is 35.5. The van der Waals surface area contributed by atoms with Gasteiger partial charge in [-0.1, -0.05) is 23.2 Å². The number of halogens is 2. The van der Waals surface area contributed by atoms with Crippen molar-refractivity contribution in [1.82, 2.24) is 5.32 Å². The molecule has 1 aliphatic carbocycles. The zero-order valence-electron chi connectivity index (χ0n) is 9.99. The third kappa shape index (κ3) is 2.67. The largest absolute Gasteiger partial charge is 0.317 e. The third-order valence-corrected chi connectivity index (χ3v) is 6.36. The third-order valence-electron chi connectivity index (χ3n) is 3.43. The summed E-state index contributed by atoms with van der Waals surface area (Å²) in [6, 6.07) is 4.82. The molecular formula is C12H15Cl2NO2S. The maximum Gasteiger partial charge on any atom is 0.182 e. The molecule has 2 atom stereocenters. The van der Waals surface area contributed by atoms with Crippen LogP contribution in [0.5, 0.6) is 0 Å². The topological polar surface area (TPSA) is 46.2 Å². The zero-order valence-corrected chi connectivity index (χ0v) is 12.3. The van der Waals surface area contributed by atoms with E-state index in [2.05, 4.69) is 5.32 Å². The second-order valence-corrected chi connectivity index (χ2v) is 7.58. The van der Waals surface area contributed by atoms with Crippen LogP contribution in [0.4, 0.5) is 0 Å². The van der Waals surface area contributed by atoms with E-state index >= 15 is 0 Å². The predicted molar refractivity (Wildman–Crippen MR) is 74.1 cm³/mol. The molecule has 0 amide bonds. The van der Waals surface area contributed by atoms with E-state index in [1.54, 1.807) is 6.07 Å². The molecule has 0 bridgehead atoms. The maximum absolute atomic E-state index is 12.5. The van der Waals surface area contributed by atoms with Gasteiger partial charge < -0.3 is 5.32 Å². The number of rotatable bonds is 3. The van der Waals surface area contributed by atoms with Crippen molar-refractivity contribution < 1.29 is 8.42 Å². The van der Waals surface area contributed by atoms with E-state index in [0.717, 1.165) is 6.42 Å². The normalized spacial score (nSPS) is 24.4. The van der Waals surface area contributed by atoms with Crippen molar-refractivity contribution in [3.63, 3.8) is 0 Å². The lowest BCUT2D eigenvalue weighted by Crippen LogP contribution is -2.25. The van der Waals surface area contributed by atoms with Crippen molar-refractivity contribution in [1.29, 1.82) is 0 Å².